The highest BCUT2D eigenvalue weighted by molar-refractivity contribution is 5.98. The Morgan fingerprint density at radius 2 is 2.00 bits per heavy atom. The van der Waals surface area contributed by atoms with E-state index < -0.39 is 40.9 Å². The predicted molar refractivity (Wildman–Crippen MR) is 70.8 cm³/mol. The van der Waals surface area contributed by atoms with Crippen LogP contribution in [0.25, 0.3) is 0 Å². The monoisotopic (exact) mass is 312 g/mol. The number of benzene rings is 1. The van der Waals surface area contributed by atoms with Crippen molar-refractivity contribution in [3.8, 4) is 5.75 Å². The van der Waals surface area contributed by atoms with Crippen LogP contribution in [0.4, 0.5) is 5.69 Å². The number of rotatable bonds is 7. The van der Waals surface area contributed by atoms with Crippen LogP contribution in [0.5, 0.6) is 5.75 Å². The number of carboxylic acid groups (broad SMARTS) is 2. The zero-order valence-electron chi connectivity index (χ0n) is 11.3. The van der Waals surface area contributed by atoms with Crippen molar-refractivity contribution < 1.29 is 34.3 Å². The summed E-state index contributed by atoms with van der Waals surface area (Å²) in [5.41, 5.74) is -0.663. The van der Waals surface area contributed by atoms with Crippen LogP contribution in [0.1, 0.15) is 16.8 Å². The Morgan fingerprint density at radius 1 is 1.36 bits per heavy atom. The summed E-state index contributed by atoms with van der Waals surface area (Å²) in [5.74, 6) is -3.95. The molecule has 1 rings (SSSR count). The van der Waals surface area contributed by atoms with Gasteiger partial charge in [-0.25, -0.2) is 4.79 Å². The first-order valence-corrected chi connectivity index (χ1v) is 5.84. The molecule has 10 heteroatoms. The van der Waals surface area contributed by atoms with Gasteiger partial charge in [0.25, 0.3) is 5.91 Å². The number of carbonyl (C=O) groups excluding carboxylic acids is 1. The van der Waals surface area contributed by atoms with E-state index in [9.17, 15) is 24.5 Å². The van der Waals surface area contributed by atoms with E-state index in [1.807, 2.05) is 5.32 Å². The first-order chi connectivity index (χ1) is 10.3. The van der Waals surface area contributed by atoms with Crippen molar-refractivity contribution in [3.05, 3.63) is 33.9 Å². The van der Waals surface area contributed by atoms with Gasteiger partial charge in [-0.15, -0.1) is 0 Å². The number of ether oxygens (including phenoxy) is 1. The summed E-state index contributed by atoms with van der Waals surface area (Å²) in [6.45, 7) is 0. The third kappa shape index (κ3) is 4.16. The average Bonchev–Trinajstić information content (AvgIpc) is 2.44. The summed E-state index contributed by atoms with van der Waals surface area (Å²) < 4.78 is 4.77. The third-order valence-electron chi connectivity index (χ3n) is 2.62. The van der Waals surface area contributed by atoms with Crippen LogP contribution in [0.15, 0.2) is 18.2 Å². The SMILES string of the molecule is COc1ccc(C(=O)NC(CC(=O)O)C(=O)O)cc1[N+](=O)[O-]. The Labute approximate surface area is 123 Å². The van der Waals surface area contributed by atoms with E-state index in [2.05, 4.69) is 0 Å². The van der Waals surface area contributed by atoms with Crippen LogP contribution in [0.2, 0.25) is 0 Å². The van der Waals surface area contributed by atoms with Gasteiger partial charge in [0.05, 0.1) is 18.5 Å². The molecule has 0 saturated carbocycles. The maximum absolute atomic E-state index is 11.9. The fourth-order valence-corrected chi connectivity index (χ4v) is 1.59. The molecule has 118 valence electrons. The van der Waals surface area contributed by atoms with Gasteiger partial charge in [0, 0.05) is 11.6 Å². The minimum absolute atomic E-state index is 0.0677. The van der Waals surface area contributed by atoms with Crippen molar-refractivity contribution in [2.75, 3.05) is 7.11 Å². The lowest BCUT2D eigenvalue weighted by Gasteiger charge is -2.12. The topological polar surface area (TPSA) is 156 Å². The highest BCUT2D eigenvalue weighted by Crippen LogP contribution is 2.27. The molecule has 1 aromatic carbocycles. The highest BCUT2D eigenvalue weighted by atomic mass is 16.6. The van der Waals surface area contributed by atoms with Gasteiger partial charge in [-0.05, 0) is 12.1 Å². The van der Waals surface area contributed by atoms with Crippen LogP contribution < -0.4 is 10.1 Å². The smallest absolute Gasteiger partial charge is 0.326 e. The average molecular weight is 312 g/mol. The number of carboxylic acids is 2. The summed E-state index contributed by atoms with van der Waals surface area (Å²) in [5, 5.41) is 30.3. The molecule has 0 radical (unpaired) electrons. The molecule has 0 aromatic heterocycles. The fourth-order valence-electron chi connectivity index (χ4n) is 1.59. The van der Waals surface area contributed by atoms with Crippen molar-refractivity contribution >= 4 is 23.5 Å². The predicted octanol–water partition coefficient (Wildman–Crippen LogP) is 0.261. The van der Waals surface area contributed by atoms with Gasteiger partial charge in [0.1, 0.15) is 6.04 Å². The Balaban J connectivity index is 3.02. The molecule has 0 fully saturated rings. The summed E-state index contributed by atoms with van der Waals surface area (Å²) in [4.78, 5) is 43.4. The molecular formula is C12H12N2O8. The summed E-state index contributed by atoms with van der Waals surface area (Å²) in [6, 6.07) is 1.64. The molecule has 1 atom stereocenters. The maximum Gasteiger partial charge on any atom is 0.326 e. The van der Waals surface area contributed by atoms with E-state index in [4.69, 9.17) is 14.9 Å². The molecule has 0 bridgehead atoms. The van der Waals surface area contributed by atoms with Crippen LogP contribution in [-0.2, 0) is 9.59 Å². The molecule has 1 unspecified atom stereocenters. The second kappa shape index (κ2) is 7.02. The first kappa shape index (κ1) is 16.9. The van der Waals surface area contributed by atoms with Crippen LogP contribution in [0.3, 0.4) is 0 Å². The molecular weight excluding hydrogens is 300 g/mol. The van der Waals surface area contributed by atoms with E-state index >= 15 is 0 Å². The van der Waals surface area contributed by atoms with Crippen molar-refractivity contribution in [2.45, 2.75) is 12.5 Å². The zero-order valence-corrected chi connectivity index (χ0v) is 11.3. The molecule has 0 aliphatic heterocycles. The number of methoxy groups -OCH3 is 1. The van der Waals surface area contributed by atoms with Crippen LogP contribution >= 0.6 is 0 Å². The minimum Gasteiger partial charge on any atom is -0.490 e. The van der Waals surface area contributed by atoms with Crippen molar-refractivity contribution in [2.24, 2.45) is 0 Å². The molecule has 1 aromatic rings. The van der Waals surface area contributed by atoms with Gasteiger partial charge < -0.3 is 20.3 Å². The van der Waals surface area contributed by atoms with E-state index in [1.54, 1.807) is 0 Å². The quantitative estimate of drug-likeness (QED) is 0.478. The van der Waals surface area contributed by atoms with E-state index in [0.717, 1.165) is 6.07 Å². The summed E-state index contributed by atoms with van der Waals surface area (Å²) in [7, 11) is 1.22. The molecule has 3 N–H and O–H groups in total. The number of hydrogen-bond acceptors (Lipinski definition) is 6. The number of amides is 1. The zero-order chi connectivity index (χ0) is 16.9. The van der Waals surface area contributed by atoms with Gasteiger partial charge in [0.15, 0.2) is 5.75 Å². The largest absolute Gasteiger partial charge is 0.490 e. The number of nitro groups is 1. The third-order valence-corrected chi connectivity index (χ3v) is 2.62. The molecule has 1 amide bonds. The second-order valence-corrected chi connectivity index (χ2v) is 4.11. The number of nitrogens with one attached hydrogen (secondary N) is 1. The highest BCUT2D eigenvalue weighted by Gasteiger charge is 2.25. The van der Waals surface area contributed by atoms with Gasteiger partial charge in [-0.2, -0.15) is 0 Å². The Kier molecular flexibility index (Phi) is 5.38. The fraction of sp³-hybridized carbons (Fsp3) is 0.250. The Morgan fingerprint density at radius 3 is 2.45 bits per heavy atom. The molecule has 0 aliphatic rings. The van der Waals surface area contributed by atoms with Crippen molar-refractivity contribution in [3.63, 3.8) is 0 Å². The minimum atomic E-state index is -1.65. The van der Waals surface area contributed by atoms with Crippen molar-refractivity contribution in [1.82, 2.24) is 5.32 Å². The second-order valence-electron chi connectivity index (χ2n) is 4.11. The summed E-state index contributed by atoms with van der Waals surface area (Å²) >= 11 is 0. The van der Waals surface area contributed by atoms with Gasteiger partial charge in [0.2, 0.25) is 0 Å². The molecule has 0 aliphatic carbocycles. The lowest BCUT2D eigenvalue weighted by molar-refractivity contribution is -0.385. The van der Waals surface area contributed by atoms with Gasteiger partial charge in [-0.1, -0.05) is 0 Å². The van der Waals surface area contributed by atoms with Crippen molar-refractivity contribution in [1.29, 1.82) is 0 Å². The Bertz CT molecular complexity index is 628. The van der Waals surface area contributed by atoms with Gasteiger partial charge in [-0.3, -0.25) is 19.7 Å². The normalized spacial score (nSPS) is 11.3. The molecule has 10 nitrogen and oxygen atoms in total. The standard InChI is InChI=1S/C12H12N2O8/c1-22-9-3-2-6(4-8(9)14(20)21)11(17)13-7(12(18)19)5-10(15)16/h2-4,7H,5H2,1H3,(H,13,17)(H,15,16)(H,18,19). The first-order valence-electron chi connectivity index (χ1n) is 5.84. The Hall–Kier alpha value is -3.17. The number of hydrogen-bond donors (Lipinski definition) is 3. The number of aliphatic carboxylic acids is 2. The molecule has 22 heavy (non-hydrogen) atoms. The van der Waals surface area contributed by atoms with Gasteiger partial charge >= 0.3 is 17.6 Å². The molecule has 0 spiro atoms. The lowest BCUT2D eigenvalue weighted by Crippen LogP contribution is -2.42. The molecule has 0 heterocycles. The van der Waals surface area contributed by atoms with Crippen LogP contribution in [0, 0.1) is 10.1 Å². The van der Waals surface area contributed by atoms with E-state index in [0.29, 0.717) is 0 Å². The summed E-state index contributed by atoms with van der Waals surface area (Å²) in [6.07, 6.45) is -0.820. The number of nitro benzene ring substituents is 1. The number of carbonyl (C=O) groups is 3. The lowest BCUT2D eigenvalue weighted by atomic mass is 10.1. The number of nitrogens with zero attached hydrogens (tertiary/aromatic N) is 1. The van der Waals surface area contributed by atoms with Crippen LogP contribution in [-0.4, -0.2) is 46.1 Å². The maximum atomic E-state index is 11.9. The van der Waals surface area contributed by atoms with E-state index in [1.165, 1.54) is 19.2 Å². The molecule has 0 saturated heterocycles. The van der Waals surface area contributed by atoms with E-state index in [-0.39, 0.29) is 11.3 Å².